The number of likely N-dealkylation sites (tertiary alicyclic amines) is 1. The van der Waals surface area contributed by atoms with Crippen LogP contribution in [0.1, 0.15) is 45.4 Å². The molecule has 0 bridgehead atoms. The predicted molar refractivity (Wildman–Crippen MR) is 82.3 cm³/mol. The molecule has 22 heavy (non-hydrogen) atoms. The molecule has 1 aliphatic carbocycles. The van der Waals surface area contributed by atoms with Crippen LogP contribution < -0.4 is 5.32 Å². The quantitative estimate of drug-likeness (QED) is 0.758. The number of aliphatic hydroxyl groups is 1. The van der Waals surface area contributed by atoms with E-state index in [1.165, 1.54) is 11.3 Å². The second-order valence-electron chi connectivity index (χ2n) is 7.16. The van der Waals surface area contributed by atoms with Crippen molar-refractivity contribution in [2.24, 2.45) is 5.92 Å². The van der Waals surface area contributed by atoms with Gasteiger partial charge < -0.3 is 10.4 Å². The molecule has 3 atom stereocenters. The SMILES string of the molecule is CC1(O)CCCCC1C1CCCN1CCN1C(=O)CNC1=O. The number of hydrogen-bond donors (Lipinski definition) is 2. The number of carbonyl (C=O) groups is 2. The van der Waals surface area contributed by atoms with E-state index in [1.807, 2.05) is 6.92 Å². The smallest absolute Gasteiger partial charge is 0.324 e. The van der Waals surface area contributed by atoms with Crippen LogP contribution in [0.15, 0.2) is 0 Å². The predicted octanol–water partition coefficient (Wildman–Crippen LogP) is 0.944. The minimum absolute atomic E-state index is 0.125. The number of urea groups is 1. The average molecular weight is 309 g/mol. The van der Waals surface area contributed by atoms with Gasteiger partial charge in [0.15, 0.2) is 0 Å². The average Bonchev–Trinajstić information content (AvgIpc) is 3.04. The number of nitrogens with one attached hydrogen (secondary N) is 1. The second kappa shape index (κ2) is 6.16. The van der Waals surface area contributed by atoms with Crippen molar-refractivity contribution in [1.29, 1.82) is 0 Å². The number of hydrogen-bond acceptors (Lipinski definition) is 4. The number of rotatable bonds is 4. The zero-order chi connectivity index (χ0) is 15.7. The highest BCUT2D eigenvalue weighted by molar-refractivity contribution is 6.01. The number of amides is 3. The number of imide groups is 1. The molecule has 0 aromatic heterocycles. The highest BCUT2D eigenvalue weighted by Gasteiger charge is 2.43. The van der Waals surface area contributed by atoms with Crippen molar-refractivity contribution < 1.29 is 14.7 Å². The van der Waals surface area contributed by atoms with Crippen LogP contribution in [0.2, 0.25) is 0 Å². The lowest BCUT2D eigenvalue weighted by molar-refractivity contribution is -0.125. The summed E-state index contributed by atoms with van der Waals surface area (Å²) in [6, 6.07) is 0.112. The summed E-state index contributed by atoms with van der Waals surface area (Å²) < 4.78 is 0. The van der Waals surface area contributed by atoms with Crippen molar-refractivity contribution in [2.75, 3.05) is 26.2 Å². The summed E-state index contributed by atoms with van der Waals surface area (Å²) in [6.45, 7) is 4.28. The van der Waals surface area contributed by atoms with Crippen molar-refractivity contribution in [3.05, 3.63) is 0 Å². The van der Waals surface area contributed by atoms with E-state index in [0.717, 1.165) is 45.2 Å². The van der Waals surface area contributed by atoms with Crippen LogP contribution in [0, 0.1) is 5.92 Å². The Morgan fingerprint density at radius 1 is 1.23 bits per heavy atom. The standard InChI is InChI=1S/C16H27N3O3/c1-16(22)7-3-2-5-12(16)13-6-4-8-18(13)9-10-19-14(20)11-17-15(19)21/h12-13,22H,2-11H2,1H3,(H,17,21). The molecule has 2 heterocycles. The summed E-state index contributed by atoms with van der Waals surface area (Å²) in [5.41, 5.74) is -0.577. The van der Waals surface area contributed by atoms with Gasteiger partial charge in [0, 0.05) is 25.0 Å². The monoisotopic (exact) mass is 309 g/mol. The largest absolute Gasteiger partial charge is 0.390 e. The first-order valence-corrected chi connectivity index (χ1v) is 8.54. The van der Waals surface area contributed by atoms with Gasteiger partial charge in [0.2, 0.25) is 5.91 Å². The topological polar surface area (TPSA) is 72.9 Å². The summed E-state index contributed by atoms with van der Waals surface area (Å²) in [7, 11) is 0. The van der Waals surface area contributed by atoms with E-state index in [-0.39, 0.29) is 18.5 Å². The van der Waals surface area contributed by atoms with Crippen LogP contribution in [0.25, 0.3) is 0 Å². The third-order valence-electron chi connectivity index (χ3n) is 5.67. The van der Waals surface area contributed by atoms with Gasteiger partial charge >= 0.3 is 6.03 Å². The molecular weight excluding hydrogens is 282 g/mol. The molecule has 3 fully saturated rings. The van der Waals surface area contributed by atoms with Crippen molar-refractivity contribution in [2.45, 2.75) is 57.1 Å². The maximum absolute atomic E-state index is 11.7. The normalized spacial score (nSPS) is 36.9. The van der Waals surface area contributed by atoms with Gasteiger partial charge in [-0.3, -0.25) is 14.6 Å². The molecule has 3 unspecified atom stereocenters. The highest BCUT2D eigenvalue weighted by atomic mass is 16.3. The van der Waals surface area contributed by atoms with Crippen LogP contribution in [0.3, 0.4) is 0 Å². The van der Waals surface area contributed by atoms with E-state index >= 15 is 0 Å². The van der Waals surface area contributed by atoms with E-state index in [0.29, 0.717) is 18.5 Å². The number of carbonyl (C=O) groups excluding carboxylic acids is 2. The van der Waals surface area contributed by atoms with Crippen molar-refractivity contribution >= 4 is 11.9 Å². The Bertz CT molecular complexity index is 436. The molecule has 2 aliphatic heterocycles. The first-order valence-electron chi connectivity index (χ1n) is 8.54. The molecule has 0 radical (unpaired) electrons. The lowest BCUT2D eigenvalue weighted by atomic mass is 9.72. The molecule has 124 valence electrons. The van der Waals surface area contributed by atoms with Gasteiger partial charge in [-0.1, -0.05) is 12.8 Å². The van der Waals surface area contributed by atoms with E-state index in [4.69, 9.17) is 0 Å². The molecule has 6 nitrogen and oxygen atoms in total. The van der Waals surface area contributed by atoms with Crippen molar-refractivity contribution in [1.82, 2.24) is 15.1 Å². The fraction of sp³-hybridized carbons (Fsp3) is 0.875. The van der Waals surface area contributed by atoms with Crippen molar-refractivity contribution in [3.8, 4) is 0 Å². The van der Waals surface area contributed by atoms with Gasteiger partial charge in [-0.15, -0.1) is 0 Å². The molecular formula is C16H27N3O3. The molecule has 0 aromatic rings. The Balaban J connectivity index is 1.61. The first kappa shape index (κ1) is 15.7. The Labute approximate surface area is 131 Å². The van der Waals surface area contributed by atoms with Crippen LogP contribution in [-0.4, -0.2) is 64.7 Å². The minimum Gasteiger partial charge on any atom is -0.390 e. The van der Waals surface area contributed by atoms with Gasteiger partial charge in [-0.05, 0) is 39.2 Å². The lowest BCUT2D eigenvalue weighted by Gasteiger charge is -2.43. The van der Waals surface area contributed by atoms with E-state index in [2.05, 4.69) is 10.2 Å². The van der Waals surface area contributed by atoms with Crippen LogP contribution >= 0.6 is 0 Å². The zero-order valence-electron chi connectivity index (χ0n) is 13.4. The number of nitrogens with zero attached hydrogens (tertiary/aromatic N) is 2. The molecule has 3 aliphatic rings. The molecule has 3 rings (SSSR count). The Morgan fingerprint density at radius 3 is 2.73 bits per heavy atom. The highest BCUT2D eigenvalue weighted by Crippen LogP contribution is 2.40. The van der Waals surface area contributed by atoms with Crippen LogP contribution in [0.4, 0.5) is 4.79 Å². The van der Waals surface area contributed by atoms with E-state index in [9.17, 15) is 14.7 Å². The molecule has 2 saturated heterocycles. The van der Waals surface area contributed by atoms with E-state index < -0.39 is 5.60 Å². The summed E-state index contributed by atoms with van der Waals surface area (Å²) in [5, 5.41) is 13.3. The van der Waals surface area contributed by atoms with Crippen LogP contribution in [-0.2, 0) is 4.79 Å². The third-order valence-corrected chi connectivity index (χ3v) is 5.67. The summed E-state index contributed by atoms with van der Waals surface area (Å²) >= 11 is 0. The van der Waals surface area contributed by atoms with Crippen LogP contribution in [0.5, 0.6) is 0 Å². The Kier molecular flexibility index (Phi) is 4.41. The fourth-order valence-electron chi connectivity index (χ4n) is 4.45. The summed E-state index contributed by atoms with van der Waals surface area (Å²) in [6.07, 6.45) is 6.52. The molecule has 0 aromatic carbocycles. The van der Waals surface area contributed by atoms with Gasteiger partial charge in [0.25, 0.3) is 0 Å². The maximum Gasteiger partial charge on any atom is 0.324 e. The zero-order valence-corrected chi connectivity index (χ0v) is 13.4. The van der Waals surface area contributed by atoms with Gasteiger partial charge in [0.05, 0.1) is 12.1 Å². The molecule has 6 heteroatoms. The third kappa shape index (κ3) is 2.99. The lowest BCUT2D eigenvalue weighted by Crippen LogP contribution is -2.50. The van der Waals surface area contributed by atoms with Crippen molar-refractivity contribution in [3.63, 3.8) is 0 Å². The fourth-order valence-corrected chi connectivity index (χ4v) is 4.45. The first-order chi connectivity index (χ1) is 10.5. The van der Waals surface area contributed by atoms with E-state index in [1.54, 1.807) is 0 Å². The minimum atomic E-state index is -0.577. The molecule has 3 amide bonds. The summed E-state index contributed by atoms with van der Waals surface area (Å²) in [5.74, 6) is 0.178. The van der Waals surface area contributed by atoms with Gasteiger partial charge in [-0.2, -0.15) is 0 Å². The summed E-state index contributed by atoms with van der Waals surface area (Å²) in [4.78, 5) is 27.0. The molecule has 0 spiro atoms. The molecule has 1 saturated carbocycles. The second-order valence-corrected chi connectivity index (χ2v) is 7.16. The Morgan fingerprint density at radius 2 is 2.05 bits per heavy atom. The molecule has 2 N–H and O–H groups in total. The van der Waals surface area contributed by atoms with Gasteiger partial charge in [0.1, 0.15) is 0 Å². The maximum atomic E-state index is 11.7. The van der Waals surface area contributed by atoms with Gasteiger partial charge in [-0.25, -0.2) is 4.79 Å². The Hall–Kier alpha value is -1.14.